The molecule has 0 atom stereocenters. The lowest BCUT2D eigenvalue weighted by molar-refractivity contribution is 0.794. The Bertz CT molecular complexity index is 1130. The molecule has 0 aliphatic carbocycles. The third-order valence-electron chi connectivity index (χ3n) is 3.89. The van der Waals surface area contributed by atoms with E-state index >= 15 is 0 Å². The summed E-state index contributed by atoms with van der Waals surface area (Å²) < 4.78 is 1.59. The molecule has 3 heterocycles. The quantitative estimate of drug-likeness (QED) is 0.393. The molecule has 0 aliphatic heterocycles. The highest BCUT2D eigenvalue weighted by molar-refractivity contribution is 7.98. The largest absolute Gasteiger partial charge is 0.268 e. The van der Waals surface area contributed by atoms with Gasteiger partial charge in [0.2, 0.25) is 0 Å². The molecule has 0 spiro atoms. The highest BCUT2D eigenvalue weighted by Crippen LogP contribution is 2.24. The number of pyridine rings is 1. The van der Waals surface area contributed by atoms with E-state index < -0.39 is 0 Å². The van der Waals surface area contributed by atoms with Crippen LogP contribution in [0.3, 0.4) is 0 Å². The summed E-state index contributed by atoms with van der Waals surface area (Å²) in [6.07, 6.45) is 1.76. The van der Waals surface area contributed by atoms with Gasteiger partial charge in [-0.1, -0.05) is 30.0 Å². The van der Waals surface area contributed by atoms with Gasteiger partial charge in [0.1, 0.15) is 5.82 Å². The summed E-state index contributed by atoms with van der Waals surface area (Å²) in [5.74, 6) is 1.23. The van der Waals surface area contributed by atoms with E-state index in [1.54, 1.807) is 28.2 Å². The van der Waals surface area contributed by atoms with Gasteiger partial charge in [-0.05, 0) is 37.6 Å². The van der Waals surface area contributed by atoms with Gasteiger partial charge in [0.05, 0.1) is 21.6 Å². The topological polar surface area (TPSA) is 60.7 Å². The van der Waals surface area contributed by atoms with Gasteiger partial charge in [0.15, 0.2) is 5.16 Å². The Kier molecular flexibility index (Phi) is 4.57. The standard InChI is InChI=1S/C19H16N4OS2/c1-12-7-8-17(20-9-12)23-18(24)15-5-3-4-6-16(15)22-19(23)26-11-14-10-25-13(2)21-14/h3-10H,11H2,1-2H3. The lowest BCUT2D eigenvalue weighted by atomic mass is 10.2. The van der Waals surface area contributed by atoms with Crippen LogP contribution in [-0.2, 0) is 5.75 Å². The van der Waals surface area contributed by atoms with Gasteiger partial charge in [-0.15, -0.1) is 11.3 Å². The molecule has 4 aromatic rings. The molecule has 0 saturated heterocycles. The van der Waals surface area contributed by atoms with E-state index in [2.05, 4.69) is 9.97 Å². The highest BCUT2D eigenvalue weighted by Gasteiger charge is 2.14. The zero-order chi connectivity index (χ0) is 18.1. The van der Waals surface area contributed by atoms with Gasteiger partial charge in [-0.2, -0.15) is 0 Å². The van der Waals surface area contributed by atoms with E-state index in [4.69, 9.17) is 4.98 Å². The van der Waals surface area contributed by atoms with Gasteiger partial charge in [-0.3, -0.25) is 4.79 Å². The van der Waals surface area contributed by atoms with E-state index in [0.29, 0.717) is 27.6 Å². The van der Waals surface area contributed by atoms with E-state index in [0.717, 1.165) is 16.3 Å². The van der Waals surface area contributed by atoms with Crippen molar-refractivity contribution in [3.8, 4) is 5.82 Å². The molecule has 0 unspecified atom stereocenters. The number of hydrogen-bond donors (Lipinski definition) is 0. The normalized spacial score (nSPS) is 11.2. The maximum atomic E-state index is 13.1. The lowest BCUT2D eigenvalue weighted by Crippen LogP contribution is -2.22. The number of aryl methyl sites for hydroxylation is 2. The average molecular weight is 380 g/mol. The van der Waals surface area contributed by atoms with E-state index in [1.165, 1.54) is 11.8 Å². The predicted octanol–water partition coefficient (Wildman–Crippen LogP) is 4.15. The molecule has 130 valence electrons. The SMILES string of the molecule is Cc1ccc(-n2c(SCc3csc(C)n3)nc3ccccc3c2=O)nc1. The average Bonchev–Trinajstić information content (AvgIpc) is 3.07. The first-order valence-corrected chi connectivity index (χ1v) is 9.97. The zero-order valence-corrected chi connectivity index (χ0v) is 16.0. The van der Waals surface area contributed by atoms with Crippen LogP contribution in [-0.4, -0.2) is 19.5 Å². The molecule has 0 saturated carbocycles. The summed E-state index contributed by atoms with van der Waals surface area (Å²) in [4.78, 5) is 26.7. The summed E-state index contributed by atoms with van der Waals surface area (Å²) in [6.45, 7) is 3.96. The minimum absolute atomic E-state index is 0.107. The molecule has 5 nitrogen and oxygen atoms in total. The summed E-state index contributed by atoms with van der Waals surface area (Å²) in [6, 6.07) is 11.2. The molecular formula is C19H16N4OS2. The van der Waals surface area contributed by atoms with Crippen LogP contribution in [0, 0.1) is 13.8 Å². The molecule has 4 rings (SSSR count). The molecule has 1 aromatic carbocycles. The minimum atomic E-state index is -0.107. The summed E-state index contributed by atoms with van der Waals surface area (Å²) >= 11 is 3.12. The Morgan fingerprint density at radius 1 is 1.12 bits per heavy atom. The number of hydrogen-bond acceptors (Lipinski definition) is 6. The van der Waals surface area contributed by atoms with Crippen LogP contribution in [0.5, 0.6) is 0 Å². The van der Waals surface area contributed by atoms with Crippen LogP contribution in [0.25, 0.3) is 16.7 Å². The van der Waals surface area contributed by atoms with Crippen LogP contribution < -0.4 is 5.56 Å². The fourth-order valence-electron chi connectivity index (χ4n) is 2.62. The predicted molar refractivity (Wildman–Crippen MR) is 106 cm³/mol. The maximum absolute atomic E-state index is 13.1. The van der Waals surface area contributed by atoms with Crippen molar-refractivity contribution in [1.29, 1.82) is 0 Å². The maximum Gasteiger partial charge on any atom is 0.267 e. The number of para-hydroxylation sites is 1. The second-order valence-corrected chi connectivity index (χ2v) is 7.90. The number of aromatic nitrogens is 4. The highest BCUT2D eigenvalue weighted by atomic mass is 32.2. The van der Waals surface area contributed by atoms with Crippen LogP contribution in [0.15, 0.2) is 57.9 Å². The third kappa shape index (κ3) is 3.27. The van der Waals surface area contributed by atoms with E-state index in [-0.39, 0.29) is 5.56 Å². The fourth-order valence-corrected chi connectivity index (χ4v) is 4.23. The Hall–Kier alpha value is -2.51. The number of benzene rings is 1. The number of fused-ring (bicyclic) bond motifs is 1. The first kappa shape index (κ1) is 16.9. The summed E-state index contributed by atoms with van der Waals surface area (Å²) in [5, 5.41) is 4.28. The molecular weight excluding hydrogens is 364 g/mol. The van der Waals surface area contributed by atoms with Crippen LogP contribution >= 0.6 is 23.1 Å². The molecule has 0 fully saturated rings. The van der Waals surface area contributed by atoms with Crippen molar-refractivity contribution in [1.82, 2.24) is 19.5 Å². The monoisotopic (exact) mass is 380 g/mol. The molecule has 0 aliphatic rings. The van der Waals surface area contributed by atoms with Gasteiger partial charge in [-0.25, -0.2) is 19.5 Å². The second-order valence-electron chi connectivity index (χ2n) is 5.89. The zero-order valence-electron chi connectivity index (χ0n) is 14.3. The number of rotatable bonds is 4. The molecule has 7 heteroatoms. The van der Waals surface area contributed by atoms with Gasteiger partial charge in [0.25, 0.3) is 5.56 Å². The Morgan fingerprint density at radius 2 is 1.96 bits per heavy atom. The lowest BCUT2D eigenvalue weighted by Gasteiger charge is -2.12. The van der Waals surface area contributed by atoms with Gasteiger partial charge >= 0.3 is 0 Å². The second kappa shape index (κ2) is 7.01. The van der Waals surface area contributed by atoms with Crippen molar-refractivity contribution in [3.05, 3.63) is 74.6 Å². The van der Waals surface area contributed by atoms with Crippen LogP contribution in [0.2, 0.25) is 0 Å². The van der Waals surface area contributed by atoms with Crippen LogP contribution in [0.1, 0.15) is 16.3 Å². The van der Waals surface area contributed by atoms with Crippen molar-refractivity contribution in [2.45, 2.75) is 24.8 Å². The van der Waals surface area contributed by atoms with Crippen LogP contribution in [0.4, 0.5) is 0 Å². The molecule has 26 heavy (non-hydrogen) atoms. The Labute approximate surface area is 158 Å². The van der Waals surface area contributed by atoms with Crippen molar-refractivity contribution < 1.29 is 0 Å². The Balaban J connectivity index is 1.84. The molecule has 0 amide bonds. The van der Waals surface area contributed by atoms with Gasteiger partial charge < -0.3 is 0 Å². The first-order valence-electron chi connectivity index (χ1n) is 8.10. The van der Waals surface area contributed by atoms with Crippen molar-refractivity contribution in [2.75, 3.05) is 0 Å². The van der Waals surface area contributed by atoms with E-state index in [9.17, 15) is 4.79 Å². The number of thioether (sulfide) groups is 1. The molecule has 0 radical (unpaired) electrons. The van der Waals surface area contributed by atoms with Crippen molar-refractivity contribution in [2.24, 2.45) is 0 Å². The number of nitrogens with zero attached hydrogens (tertiary/aromatic N) is 4. The fraction of sp³-hybridized carbons (Fsp3) is 0.158. The first-order chi connectivity index (χ1) is 12.6. The third-order valence-corrected chi connectivity index (χ3v) is 5.68. The number of thiazole rings is 1. The summed E-state index contributed by atoms with van der Waals surface area (Å²) in [5.41, 5.74) is 2.62. The van der Waals surface area contributed by atoms with Gasteiger partial charge in [0, 0.05) is 17.3 Å². The molecule has 0 bridgehead atoms. The van der Waals surface area contributed by atoms with E-state index in [1.807, 2.05) is 49.6 Å². The minimum Gasteiger partial charge on any atom is -0.268 e. The van der Waals surface area contributed by atoms with Crippen molar-refractivity contribution in [3.63, 3.8) is 0 Å². The summed E-state index contributed by atoms with van der Waals surface area (Å²) in [7, 11) is 0. The Morgan fingerprint density at radius 3 is 2.69 bits per heavy atom. The molecule has 3 aromatic heterocycles. The smallest absolute Gasteiger partial charge is 0.267 e. The molecule has 0 N–H and O–H groups in total. The van der Waals surface area contributed by atoms with Crippen molar-refractivity contribution >= 4 is 34.0 Å².